The van der Waals surface area contributed by atoms with Crippen LogP contribution >= 0.6 is 12.2 Å². The zero-order valence-corrected chi connectivity index (χ0v) is 13.3. The summed E-state index contributed by atoms with van der Waals surface area (Å²) in [6, 6.07) is 0.422. The number of hydrogen-bond donors (Lipinski definition) is 1. The molecule has 0 aliphatic rings. The summed E-state index contributed by atoms with van der Waals surface area (Å²) in [6.45, 7) is 8.89. The Balaban J connectivity index is 2.68. The number of aryl methyl sites for hydroxylation is 2. The van der Waals surface area contributed by atoms with Crippen LogP contribution in [-0.2, 0) is 13.5 Å². The van der Waals surface area contributed by atoms with Gasteiger partial charge >= 0.3 is 0 Å². The Bertz CT molecular complexity index is 617. The third-order valence-electron chi connectivity index (χ3n) is 3.77. The molecule has 0 aliphatic heterocycles. The molecular weight excluding hydrogens is 256 g/mol. The Labute approximate surface area is 119 Å². The summed E-state index contributed by atoms with van der Waals surface area (Å²) in [5.41, 5.74) is 3.38. The second kappa shape index (κ2) is 5.49. The summed E-state index contributed by atoms with van der Waals surface area (Å²) in [5.74, 6) is 0.556. The Kier molecular flexibility index (Phi) is 4.13. The fourth-order valence-electron chi connectivity index (χ4n) is 2.91. The summed E-state index contributed by atoms with van der Waals surface area (Å²) in [5, 5.41) is 4.64. The SMILES string of the molecule is CCCc1nn(C)c2c1[nH]c(=S)n2C(CC)C(C)C. The first-order valence-electron chi connectivity index (χ1n) is 7.17. The lowest BCUT2D eigenvalue weighted by molar-refractivity contribution is 0.366. The smallest absolute Gasteiger partial charge is 0.179 e. The number of nitrogens with zero attached hydrogens (tertiary/aromatic N) is 3. The summed E-state index contributed by atoms with van der Waals surface area (Å²) in [6.07, 6.45) is 3.16. The van der Waals surface area contributed by atoms with E-state index in [-0.39, 0.29) is 0 Å². The largest absolute Gasteiger partial charge is 0.328 e. The highest BCUT2D eigenvalue weighted by molar-refractivity contribution is 7.71. The Hall–Kier alpha value is -1.10. The van der Waals surface area contributed by atoms with Crippen LogP contribution in [-0.4, -0.2) is 19.3 Å². The second-order valence-corrected chi connectivity index (χ2v) is 5.93. The molecule has 2 aromatic heterocycles. The Morgan fingerprint density at radius 2 is 2.00 bits per heavy atom. The molecule has 0 aromatic carbocycles. The molecule has 1 N–H and O–H groups in total. The minimum absolute atomic E-state index is 0.422. The van der Waals surface area contributed by atoms with Crippen LogP contribution < -0.4 is 0 Å². The van der Waals surface area contributed by atoms with Crippen molar-refractivity contribution in [1.29, 1.82) is 0 Å². The molecule has 4 nitrogen and oxygen atoms in total. The van der Waals surface area contributed by atoms with E-state index in [0.29, 0.717) is 12.0 Å². The molecule has 0 aliphatic carbocycles. The highest BCUT2D eigenvalue weighted by Gasteiger charge is 2.21. The van der Waals surface area contributed by atoms with E-state index < -0.39 is 0 Å². The Morgan fingerprint density at radius 3 is 2.53 bits per heavy atom. The predicted molar refractivity (Wildman–Crippen MR) is 82.0 cm³/mol. The van der Waals surface area contributed by atoms with Gasteiger partial charge in [-0.2, -0.15) is 5.10 Å². The highest BCUT2D eigenvalue weighted by Crippen LogP contribution is 2.28. The van der Waals surface area contributed by atoms with Crippen molar-refractivity contribution < 1.29 is 0 Å². The van der Waals surface area contributed by atoms with Gasteiger partial charge in [0.05, 0.1) is 5.69 Å². The van der Waals surface area contributed by atoms with Gasteiger partial charge in [-0.1, -0.05) is 34.1 Å². The molecule has 0 saturated carbocycles. The monoisotopic (exact) mass is 280 g/mol. The van der Waals surface area contributed by atoms with Gasteiger partial charge in [0.15, 0.2) is 10.4 Å². The van der Waals surface area contributed by atoms with Crippen molar-refractivity contribution in [2.24, 2.45) is 13.0 Å². The molecule has 0 spiro atoms. The van der Waals surface area contributed by atoms with Gasteiger partial charge in [-0.05, 0) is 31.0 Å². The van der Waals surface area contributed by atoms with E-state index in [0.717, 1.165) is 40.9 Å². The molecular formula is C14H24N4S. The zero-order valence-electron chi connectivity index (χ0n) is 12.5. The lowest BCUT2D eigenvalue weighted by Crippen LogP contribution is -2.16. The maximum absolute atomic E-state index is 5.54. The summed E-state index contributed by atoms with van der Waals surface area (Å²) < 4.78 is 5.04. The molecule has 106 valence electrons. The Morgan fingerprint density at radius 1 is 1.32 bits per heavy atom. The van der Waals surface area contributed by atoms with Crippen LogP contribution in [0, 0.1) is 10.7 Å². The lowest BCUT2D eigenvalue weighted by atomic mass is 10.0. The molecule has 1 unspecified atom stereocenters. The lowest BCUT2D eigenvalue weighted by Gasteiger charge is -2.21. The van der Waals surface area contributed by atoms with E-state index in [1.165, 1.54) is 0 Å². The number of imidazole rings is 1. The molecule has 2 rings (SSSR count). The number of aromatic amines is 1. The first kappa shape index (κ1) is 14.3. The predicted octanol–water partition coefficient (Wildman–Crippen LogP) is 3.99. The fourth-order valence-corrected chi connectivity index (χ4v) is 3.23. The first-order chi connectivity index (χ1) is 9.01. The van der Waals surface area contributed by atoms with Gasteiger partial charge in [-0.15, -0.1) is 0 Å². The maximum Gasteiger partial charge on any atom is 0.179 e. The number of aromatic nitrogens is 4. The molecule has 0 saturated heterocycles. The number of nitrogens with one attached hydrogen (secondary N) is 1. The molecule has 5 heteroatoms. The van der Waals surface area contributed by atoms with E-state index in [4.69, 9.17) is 12.2 Å². The van der Waals surface area contributed by atoms with Crippen LogP contribution in [0.25, 0.3) is 11.2 Å². The van der Waals surface area contributed by atoms with E-state index in [2.05, 4.69) is 42.3 Å². The number of H-pyrrole nitrogens is 1. The second-order valence-electron chi connectivity index (χ2n) is 5.54. The third-order valence-corrected chi connectivity index (χ3v) is 4.07. The van der Waals surface area contributed by atoms with Crippen molar-refractivity contribution in [3.63, 3.8) is 0 Å². The molecule has 0 radical (unpaired) electrons. The fraction of sp³-hybridized carbons (Fsp3) is 0.714. The van der Waals surface area contributed by atoms with E-state index in [9.17, 15) is 0 Å². The van der Waals surface area contributed by atoms with Gasteiger partial charge < -0.3 is 4.98 Å². The standard InChI is InChI=1S/C14H24N4S/c1-6-8-10-12-13(17(5)16-10)18(14(19)15-12)11(7-2)9(3)4/h9,11H,6-8H2,1-5H3,(H,15,19). The van der Waals surface area contributed by atoms with Crippen molar-refractivity contribution in [2.45, 2.75) is 53.0 Å². The first-order valence-corrected chi connectivity index (χ1v) is 7.58. The van der Waals surface area contributed by atoms with Gasteiger partial charge in [-0.25, -0.2) is 0 Å². The molecule has 0 bridgehead atoms. The highest BCUT2D eigenvalue weighted by atomic mass is 32.1. The van der Waals surface area contributed by atoms with Crippen molar-refractivity contribution in [3.8, 4) is 0 Å². The number of fused-ring (bicyclic) bond motifs is 1. The van der Waals surface area contributed by atoms with Crippen LogP contribution in [0.3, 0.4) is 0 Å². The summed E-state index contributed by atoms with van der Waals surface area (Å²) in [7, 11) is 2.01. The third kappa shape index (κ3) is 2.36. The molecule has 0 fully saturated rings. The average molecular weight is 280 g/mol. The van der Waals surface area contributed by atoms with Crippen molar-refractivity contribution >= 4 is 23.4 Å². The van der Waals surface area contributed by atoms with Gasteiger partial charge in [0.2, 0.25) is 0 Å². The van der Waals surface area contributed by atoms with E-state index in [1.807, 2.05) is 11.7 Å². The number of rotatable bonds is 5. The topological polar surface area (TPSA) is 38.5 Å². The van der Waals surface area contributed by atoms with Crippen molar-refractivity contribution in [1.82, 2.24) is 19.3 Å². The van der Waals surface area contributed by atoms with E-state index >= 15 is 0 Å². The van der Waals surface area contributed by atoms with Crippen molar-refractivity contribution in [3.05, 3.63) is 10.5 Å². The molecule has 1 atom stereocenters. The summed E-state index contributed by atoms with van der Waals surface area (Å²) in [4.78, 5) is 3.37. The molecule has 2 heterocycles. The van der Waals surface area contributed by atoms with Crippen LogP contribution in [0.4, 0.5) is 0 Å². The van der Waals surface area contributed by atoms with Crippen LogP contribution in [0.15, 0.2) is 0 Å². The molecule has 2 aromatic rings. The average Bonchev–Trinajstić information content (AvgIpc) is 2.81. The maximum atomic E-state index is 5.54. The number of hydrogen-bond acceptors (Lipinski definition) is 2. The van der Waals surface area contributed by atoms with Gasteiger partial charge in [0.25, 0.3) is 0 Å². The van der Waals surface area contributed by atoms with Gasteiger partial charge in [-0.3, -0.25) is 9.25 Å². The minimum Gasteiger partial charge on any atom is -0.328 e. The van der Waals surface area contributed by atoms with E-state index in [1.54, 1.807) is 0 Å². The quantitative estimate of drug-likeness (QED) is 0.841. The zero-order chi connectivity index (χ0) is 14.2. The minimum atomic E-state index is 0.422. The molecule has 0 amide bonds. The van der Waals surface area contributed by atoms with Crippen LogP contribution in [0.5, 0.6) is 0 Å². The normalized spacial score (nSPS) is 13.6. The van der Waals surface area contributed by atoms with Gasteiger partial charge in [0.1, 0.15) is 5.52 Å². The summed E-state index contributed by atoms with van der Waals surface area (Å²) >= 11 is 5.54. The van der Waals surface area contributed by atoms with Crippen LogP contribution in [0.2, 0.25) is 0 Å². The van der Waals surface area contributed by atoms with Crippen molar-refractivity contribution in [2.75, 3.05) is 0 Å². The van der Waals surface area contributed by atoms with Crippen LogP contribution in [0.1, 0.15) is 52.3 Å². The van der Waals surface area contributed by atoms with Gasteiger partial charge in [0, 0.05) is 13.1 Å². The molecule has 19 heavy (non-hydrogen) atoms.